The summed E-state index contributed by atoms with van der Waals surface area (Å²) in [4.78, 5) is 43.8. The minimum absolute atomic E-state index is 0.0906. The van der Waals surface area contributed by atoms with Gasteiger partial charge in [0.2, 0.25) is 11.8 Å². The van der Waals surface area contributed by atoms with Crippen molar-refractivity contribution in [3.63, 3.8) is 0 Å². The van der Waals surface area contributed by atoms with Gasteiger partial charge < -0.3 is 10.2 Å². The van der Waals surface area contributed by atoms with Gasteiger partial charge in [-0.2, -0.15) is 5.10 Å². The van der Waals surface area contributed by atoms with Crippen LogP contribution in [0.3, 0.4) is 0 Å². The number of aromatic nitrogens is 4. The van der Waals surface area contributed by atoms with Crippen LogP contribution in [0.15, 0.2) is 70.3 Å². The number of hydrogen-bond acceptors (Lipinski definition) is 5. The third-order valence-corrected chi connectivity index (χ3v) is 6.67. The third-order valence-electron chi connectivity index (χ3n) is 6.15. The van der Waals surface area contributed by atoms with Crippen LogP contribution in [0.25, 0.3) is 11.0 Å². The van der Waals surface area contributed by atoms with Crippen molar-refractivity contribution in [2.75, 3.05) is 18.0 Å². The first-order valence-electron chi connectivity index (χ1n) is 11.4. The summed E-state index contributed by atoms with van der Waals surface area (Å²) in [5.74, 6) is -1.30. The fraction of sp³-hybridized carbons (Fsp3) is 0.240. The van der Waals surface area contributed by atoms with Gasteiger partial charge in [0, 0.05) is 29.7 Å². The molecule has 1 aliphatic rings. The molecular formula is C25H22BrFN6O3. The van der Waals surface area contributed by atoms with Crippen LogP contribution in [0.4, 0.5) is 10.1 Å². The number of rotatable bonds is 7. The van der Waals surface area contributed by atoms with Crippen LogP contribution in [0.5, 0.6) is 0 Å². The van der Waals surface area contributed by atoms with E-state index in [1.165, 1.54) is 46.3 Å². The number of hydrogen-bond donors (Lipinski definition) is 1. The van der Waals surface area contributed by atoms with E-state index in [0.717, 1.165) is 10.0 Å². The summed E-state index contributed by atoms with van der Waals surface area (Å²) >= 11 is 3.40. The molecule has 3 heterocycles. The van der Waals surface area contributed by atoms with E-state index in [1.807, 2.05) is 24.3 Å². The second kappa shape index (κ2) is 10.0. The molecular weight excluding hydrogens is 531 g/mol. The Morgan fingerprint density at radius 3 is 2.61 bits per heavy atom. The van der Waals surface area contributed by atoms with E-state index in [0.29, 0.717) is 29.8 Å². The Kier molecular flexibility index (Phi) is 6.64. The Morgan fingerprint density at radius 2 is 1.86 bits per heavy atom. The highest BCUT2D eigenvalue weighted by Gasteiger charge is 2.35. The van der Waals surface area contributed by atoms with Crippen molar-refractivity contribution in [3.05, 3.63) is 87.3 Å². The number of carbonyl (C=O) groups excluding carboxylic acids is 2. The lowest BCUT2D eigenvalue weighted by Crippen LogP contribution is -2.35. The predicted octanol–water partition coefficient (Wildman–Crippen LogP) is 2.71. The third kappa shape index (κ3) is 4.92. The molecule has 5 rings (SSSR count). The van der Waals surface area contributed by atoms with Crippen molar-refractivity contribution >= 4 is 44.5 Å². The van der Waals surface area contributed by atoms with Crippen molar-refractivity contribution in [2.45, 2.75) is 19.5 Å². The average molecular weight is 553 g/mol. The number of carbonyl (C=O) groups is 2. The normalized spacial score (nSPS) is 15.6. The van der Waals surface area contributed by atoms with Crippen LogP contribution in [-0.2, 0) is 22.7 Å². The summed E-state index contributed by atoms with van der Waals surface area (Å²) in [6, 6.07) is 13.3. The molecule has 2 amide bonds. The van der Waals surface area contributed by atoms with Crippen molar-refractivity contribution < 1.29 is 14.0 Å². The Balaban J connectivity index is 1.19. The quantitative estimate of drug-likeness (QED) is 0.380. The number of benzene rings is 2. The van der Waals surface area contributed by atoms with E-state index in [1.54, 1.807) is 4.68 Å². The lowest BCUT2D eigenvalue weighted by atomic mass is 10.1. The maximum Gasteiger partial charge on any atom is 0.264 e. The van der Waals surface area contributed by atoms with E-state index in [9.17, 15) is 18.8 Å². The van der Waals surface area contributed by atoms with Crippen molar-refractivity contribution in [1.29, 1.82) is 0 Å². The molecule has 0 spiro atoms. The monoisotopic (exact) mass is 552 g/mol. The van der Waals surface area contributed by atoms with E-state index in [4.69, 9.17) is 0 Å². The summed E-state index contributed by atoms with van der Waals surface area (Å²) in [6.07, 6.45) is 3.08. The molecule has 1 N–H and O–H groups in total. The van der Waals surface area contributed by atoms with E-state index < -0.39 is 5.92 Å². The maximum absolute atomic E-state index is 13.2. The highest BCUT2D eigenvalue weighted by Crippen LogP contribution is 2.25. The molecule has 1 saturated heterocycles. The van der Waals surface area contributed by atoms with Crippen LogP contribution >= 0.6 is 15.9 Å². The zero-order valence-electron chi connectivity index (χ0n) is 19.1. The molecule has 1 fully saturated rings. The first-order chi connectivity index (χ1) is 17.4. The fourth-order valence-corrected chi connectivity index (χ4v) is 4.51. The number of anilines is 1. The average Bonchev–Trinajstić information content (AvgIpc) is 3.47. The topological polar surface area (TPSA) is 102 Å². The number of nitrogens with one attached hydrogen (secondary N) is 1. The largest absolute Gasteiger partial charge is 0.354 e. The van der Waals surface area contributed by atoms with Gasteiger partial charge in [-0.25, -0.2) is 14.1 Å². The zero-order chi connectivity index (χ0) is 25.2. The summed E-state index contributed by atoms with van der Waals surface area (Å²) in [5, 5.41) is 7.51. The molecule has 9 nitrogen and oxygen atoms in total. The highest BCUT2D eigenvalue weighted by molar-refractivity contribution is 9.10. The van der Waals surface area contributed by atoms with Crippen LogP contribution in [0, 0.1) is 11.7 Å². The Hall–Kier alpha value is -3.86. The SMILES string of the molecule is O=C(NCCn1ncc2c(=O)n(Cc3ccc(Br)cc3)cnc21)C1CC(=O)N(c2ccc(F)cc2)C1. The van der Waals surface area contributed by atoms with E-state index in [-0.39, 0.29) is 42.7 Å². The molecule has 1 aliphatic heterocycles. The van der Waals surface area contributed by atoms with Crippen molar-refractivity contribution in [1.82, 2.24) is 24.6 Å². The van der Waals surface area contributed by atoms with Gasteiger partial charge in [-0.1, -0.05) is 28.1 Å². The van der Waals surface area contributed by atoms with Gasteiger partial charge in [0.25, 0.3) is 5.56 Å². The molecule has 1 unspecified atom stereocenters. The lowest BCUT2D eigenvalue weighted by molar-refractivity contribution is -0.126. The summed E-state index contributed by atoms with van der Waals surface area (Å²) < 4.78 is 17.2. The van der Waals surface area contributed by atoms with Gasteiger partial charge in [-0.15, -0.1) is 0 Å². The van der Waals surface area contributed by atoms with Gasteiger partial charge in [0.1, 0.15) is 17.5 Å². The van der Waals surface area contributed by atoms with Crippen LogP contribution in [0.1, 0.15) is 12.0 Å². The molecule has 36 heavy (non-hydrogen) atoms. The molecule has 0 bridgehead atoms. The second-order valence-electron chi connectivity index (χ2n) is 8.58. The Labute approximate surface area is 213 Å². The van der Waals surface area contributed by atoms with E-state index >= 15 is 0 Å². The molecule has 11 heteroatoms. The number of fused-ring (bicyclic) bond motifs is 1. The molecule has 1 atom stereocenters. The maximum atomic E-state index is 13.2. The van der Waals surface area contributed by atoms with Gasteiger partial charge in [-0.3, -0.25) is 19.0 Å². The molecule has 0 saturated carbocycles. The van der Waals surface area contributed by atoms with Gasteiger partial charge in [0.15, 0.2) is 5.65 Å². The molecule has 0 radical (unpaired) electrons. The zero-order valence-corrected chi connectivity index (χ0v) is 20.7. The minimum atomic E-state index is -0.499. The fourth-order valence-electron chi connectivity index (χ4n) is 4.24. The van der Waals surface area contributed by atoms with Crippen LogP contribution in [-0.4, -0.2) is 44.2 Å². The van der Waals surface area contributed by atoms with Gasteiger partial charge in [0.05, 0.1) is 25.2 Å². The molecule has 2 aromatic carbocycles. The van der Waals surface area contributed by atoms with E-state index in [2.05, 4.69) is 31.3 Å². The number of halogens is 2. The highest BCUT2D eigenvalue weighted by atomic mass is 79.9. The van der Waals surface area contributed by atoms with Crippen molar-refractivity contribution in [3.8, 4) is 0 Å². The molecule has 184 valence electrons. The first-order valence-corrected chi connectivity index (χ1v) is 12.2. The Morgan fingerprint density at radius 1 is 1.11 bits per heavy atom. The predicted molar refractivity (Wildman–Crippen MR) is 135 cm³/mol. The Bertz CT molecular complexity index is 1480. The standard InChI is InChI=1S/C25H22BrFN6O3/c26-18-3-1-16(2-4-18)13-31-15-29-23-21(25(31)36)12-30-33(23)10-9-28-24(35)17-11-22(34)32(14-17)20-7-5-19(27)6-8-20/h1-8,12,15,17H,9-11,13-14H2,(H,28,35). The number of amides is 2. The first kappa shape index (κ1) is 23.9. The summed E-state index contributed by atoms with van der Waals surface area (Å²) in [5.41, 5.74) is 1.79. The second-order valence-corrected chi connectivity index (χ2v) is 9.50. The van der Waals surface area contributed by atoms with Crippen LogP contribution in [0.2, 0.25) is 0 Å². The summed E-state index contributed by atoms with van der Waals surface area (Å²) in [6.45, 7) is 1.22. The summed E-state index contributed by atoms with van der Waals surface area (Å²) in [7, 11) is 0. The molecule has 4 aromatic rings. The lowest BCUT2D eigenvalue weighted by Gasteiger charge is -2.16. The van der Waals surface area contributed by atoms with Crippen molar-refractivity contribution in [2.24, 2.45) is 5.92 Å². The van der Waals surface area contributed by atoms with Crippen LogP contribution < -0.4 is 15.8 Å². The van der Waals surface area contributed by atoms with Gasteiger partial charge >= 0.3 is 0 Å². The smallest absolute Gasteiger partial charge is 0.264 e. The number of nitrogens with zero attached hydrogens (tertiary/aromatic N) is 5. The van der Waals surface area contributed by atoms with Gasteiger partial charge in [-0.05, 0) is 42.0 Å². The molecule has 0 aliphatic carbocycles. The molecule has 2 aromatic heterocycles. The minimum Gasteiger partial charge on any atom is -0.354 e.